The van der Waals surface area contributed by atoms with Crippen LogP contribution in [0.4, 0.5) is 5.82 Å². The number of nitrogens with one attached hydrogen (secondary N) is 1. The molecule has 1 aliphatic rings. The minimum absolute atomic E-state index is 0.229. The third-order valence-corrected chi connectivity index (χ3v) is 5.45. The molecule has 1 aliphatic heterocycles. The minimum Gasteiger partial charge on any atom is -0.476 e. The topological polar surface area (TPSA) is 119 Å². The summed E-state index contributed by atoms with van der Waals surface area (Å²) in [4.78, 5) is 37.7. The smallest absolute Gasteiger partial charge is 0.267 e. The van der Waals surface area contributed by atoms with E-state index in [0.29, 0.717) is 17.3 Å². The van der Waals surface area contributed by atoms with E-state index in [9.17, 15) is 9.59 Å². The predicted octanol–water partition coefficient (Wildman–Crippen LogP) is 0.801. The van der Waals surface area contributed by atoms with Gasteiger partial charge in [-0.25, -0.2) is 14.6 Å². The molecule has 0 aromatic carbocycles. The summed E-state index contributed by atoms with van der Waals surface area (Å²) in [6.07, 6.45) is 3.00. The number of ether oxygens (including phenoxy) is 1. The van der Waals surface area contributed by atoms with Gasteiger partial charge < -0.3 is 24.3 Å². The van der Waals surface area contributed by atoms with Crippen molar-refractivity contribution in [1.29, 1.82) is 0 Å². The first kappa shape index (κ1) is 22.5. The van der Waals surface area contributed by atoms with Gasteiger partial charge in [0.1, 0.15) is 30.5 Å². The van der Waals surface area contributed by atoms with E-state index in [1.165, 1.54) is 18.7 Å². The van der Waals surface area contributed by atoms with Crippen molar-refractivity contribution in [2.24, 2.45) is 0 Å². The maximum absolute atomic E-state index is 12.6. The van der Waals surface area contributed by atoms with Gasteiger partial charge in [0.25, 0.3) is 5.56 Å². The van der Waals surface area contributed by atoms with Crippen LogP contribution in [-0.4, -0.2) is 76.9 Å². The van der Waals surface area contributed by atoms with Crippen LogP contribution in [-0.2, 0) is 4.79 Å². The predicted molar refractivity (Wildman–Crippen MR) is 121 cm³/mol. The maximum Gasteiger partial charge on any atom is 0.267 e. The summed E-state index contributed by atoms with van der Waals surface area (Å²) in [6.45, 7) is 5.85. The summed E-state index contributed by atoms with van der Waals surface area (Å²) >= 11 is 0. The molecule has 1 saturated heterocycles. The lowest BCUT2D eigenvalue weighted by molar-refractivity contribution is -0.124. The van der Waals surface area contributed by atoms with Crippen LogP contribution in [0.25, 0.3) is 11.5 Å². The molecule has 11 nitrogen and oxygen atoms in total. The Hall–Kier alpha value is -3.73. The number of carbonyl (C=O) groups is 1. The fraction of sp³-hybridized carbons (Fsp3) is 0.409. The van der Waals surface area contributed by atoms with Crippen molar-refractivity contribution < 1.29 is 13.9 Å². The van der Waals surface area contributed by atoms with Crippen molar-refractivity contribution in [2.45, 2.75) is 13.0 Å². The van der Waals surface area contributed by atoms with Crippen molar-refractivity contribution in [1.82, 2.24) is 30.0 Å². The summed E-state index contributed by atoms with van der Waals surface area (Å²) < 4.78 is 12.1. The van der Waals surface area contributed by atoms with E-state index in [0.717, 1.165) is 36.7 Å². The van der Waals surface area contributed by atoms with Crippen LogP contribution in [0.1, 0.15) is 13.0 Å². The average molecular weight is 454 g/mol. The van der Waals surface area contributed by atoms with Crippen LogP contribution in [0.2, 0.25) is 0 Å². The Bertz CT molecular complexity index is 1120. The highest BCUT2D eigenvalue weighted by Gasteiger charge is 2.19. The third-order valence-electron chi connectivity index (χ3n) is 5.45. The van der Waals surface area contributed by atoms with Crippen LogP contribution in [0.5, 0.6) is 5.88 Å². The van der Waals surface area contributed by atoms with E-state index in [2.05, 4.69) is 37.2 Å². The zero-order valence-electron chi connectivity index (χ0n) is 18.7. The number of aromatic nitrogens is 4. The molecule has 4 heterocycles. The lowest BCUT2D eigenvalue weighted by Gasteiger charge is -2.33. The lowest BCUT2D eigenvalue weighted by Crippen LogP contribution is -2.44. The molecule has 1 N–H and O–H groups in total. The Morgan fingerprint density at radius 3 is 2.79 bits per heavy atom. The normalized spacial score (nSPS) is 15.3. The van der Waals surface area contributed by atoms with Gasteiger partial charge in [0, 0.05) is 38.3 Å². The van der Waals surface area contributed by atoms with E-state index in [1.807, 2.05) is 0 Å². The standard InChI is InChI=1S/C22H27N7O4/c1-16(29-21(30)6-5-17(26-29)18-4-3-12-32-18)22(31)23-7-13-33-20-14-19(24-15-25-20)28-10-8-27(2)9-11-28/h3-6,12,14-16H,7-11,13H2,1-2H3,(H,23,31). The molecule has 0 saturated carbocycles. The van der Waals surface area contributed by atoms with Gasteiger partial charge >= 0.3 is 0 Å². The first-order chi connectivity index (χ1) is 16.0. The molecule has 1 unspecified atom stereocenters. The zero-order chi connectivity index (χ0) is 23.2. The number of nitrogens with zero attached hydrogens (tertiary/aromatic N) is 6. The monoisotopic (exact) mass is 453 g/mol. The number of furan rings is 1. The number of carbonyl (C=O) groups excluding carboxylic acids is 1. The van der Waals surface area contributed by atoms with Gasteiger partial charge in [-0.3, -0.25) is 9.59 Å². The summed E-state index contributed by atoms with van der Waals surface area (Å²) in [6, 6.07) is 7.41. The van der Waals surface area contributed by atoms with Gasteiger partial charge in [-0.2, -0.15) is 5.10 Å². The molecule has 0 radical (unpaired) electrons. The van der Waals surface area contributed by atoms with Crippen LogP contribution >= 0.6 is 0 Å². The molecule has 0 aliphatic carbocycles. The number of amides is 1. The second kappa shape index (κ2) is 10.3. The Morgan fingerprint density at radius 1 is 1.21 bits per heavy atom. The van der Waals surface area contributed by atoms with Crippen molar-refractivity contribution >= 4 is 11.7 Å². The Morgan fingerprint density at radius 2 is 2.03 bits per heavy atom. The molecule has 0 spiro atoms. The Kier molecular flexibility index (Phi) is 6.98. The van der Waals surface area contributed by atoms with E-state index in [1.54, 1.807) is 31.2 Å². The van der Waals surface area contributed by atoms with Crippen LogP contribution < -0.4 is 20.5 Å². The van der Waals surface area contributed by atoms with Gasteiger partial charge in [-0.1, -0.05) is 0 Å². The molecular formula is C22H27N7O4. The second-order valence-corrected chi connectivity index (χ2v) is 7.80. The molecule has 0 bridgehead atoms. The molecule has 3 aromatic heterocycles. The van der Waals surface area contributed by atoms with Gasteiger partial charge in [-0.05, 0) is 32.2 Å². The number of anilines is 1. The highest BCUT2D eigenvalue weighted by atomic mass is 16.5. The first-order valence-electron chi connectivity index (χ1n) is 10.8. The second-order valence-electron chi connectivity index (χ2n) is 7.80. The Balaban J connectivity index is 1.29. The molecule has 174 valence electrons. The maximum atomic E-state index is 12.6. The van der Waals surface area contributed by atoms with Crippen molar-refractivity contribution in [3.63, 3.8) is 0 Å². The Labute approximate surface area is 191 Å². The van der Waals surface area contributed by atoms with Crippen molar-refractivity contribution in [2.75, 3.05) is 51.3 Å². The fourth-order valence-electron chi connectivity index (χ4n) is 3.46. The molecule has 11 heteroatoms. The zero-order valence-corrected chi connectivity index (χ0v) is 18.7. The van der Waals surface area contributed by atoms with E-state index in [4.69, 9.17) is 9.15 Å². The molecular weight excluding hydrogens is 426 g/mol. The number of likely N-dealkylation sites (N-methyl/N-ethyl adjacent to an activating group) is 1. The van der Waals surface area contributed by atoms with Gasteiger partial charge in [-0.15, -0.1) is 0 Å². The van der Waals surface area contributed by atoms with Gasteiger partial charge in [0.05, 0.1) is 12.8 Å². The summed E-state index contributed by atoms with van der Waals surface area (Å²) in [5.74, 6) is 1.45. The van der Waals surface area contributed by atoms with Gasteiger partial charge in [0.2, 0.25) is 11.8 Å². The van der Waals surface area contributed by atoms with Crippen LogP contribution in [0.15, 0.2) is 52.1 Å². The fourth-order valence-corrected chi connectivity index (χ4v) is 3.46. The largest absolute Gasteiger partial charge is 0.476 e. The van der Waals surface area contributed by atoms with Crippen LogP contribution in [0, 0.1) is 0 Å². The summed E-state index contributed by atoms with van der Waals surface area (Å²) in [5.41, 5.74) is 0.101. The molecule has 1 fully saturated rings. The highest BCUT2D eigenvalue weighted by molar-refractivity contribution is 5.79. The molecule has 4 rings (SSSR count). The quantitative estimate of drug-likeness (QED) is 0.494. The van der Waals surface area contributed by atoms with Gasteiger partial charge in [0.15, 0.2) is 5.76 Å². The number of hydrogen-bond donors (Lipinski definition) is 1. The minimum atomic E-state index is -0.796. The molecule has 3 aromatic rings. The number of hydrogen-bond acceptors (Lipinski definition) is 9. The van der Waals surface area contributed by atoms with Crippen molar-refractivity contribution in [3.8, 4) is 17.3 Å². The average Bonchev–Trinajstić information content (AvgIpc) is 3.37. The third kappa shape index (κ3) is 5.55. The lowest BCUT2D eigenvalue weighted by atomic mass is 10.3. The number of rotatable bonds is 8. The molecule has 1 atom stereocenters. The van der Waals surface area contributed by atoms with E-state index < -0.39 is 6.04 Å². The van der Waals surface area contributed by atoms with E-state index >= 15 is 0 Å². The molecule has 33 heavy (non-hydrogen) atoms. The SMILES string of the molecule is CC(C(=O)NCCOc1cc(N2CCN(C)CC2)ncn1)n1nc(-c2ccco2)ccc1=O. The van der Waals surface area contributed by atoms with E-state index in [-0.39, 0.29) is 24.6 Å². The first-order valence-corrected chi connectivity index (χ1v) is 10.8. The van der Waals surface area contributed by atoms with Crippen LogP contribution in [0.3, 0.4) is 0 Å². The molecule has 1 amide bonds. The highest BCUT2D eigenvalue weighted by Crippen LogP contribution is 2.18. The summed E-state index contributed by atoms with van der Waals surface area (Å²) in [7, 11) is 2.10. The summed E-state index contributed by atoms with van der Waals surface area (Å²) in [5, 5.41) is 7.03. The van der Waals surface area contributed by atoms with Crippen molar-refractivity contribution in [3.05, 3.63) is 53.3 Å². The number of piperazine rings is 1.